The molecule has 0 atom stereocenters. The monoisotopic (exact) mass is 259 g/mol. The lowest BCUT2D eigenvalue weighted by Crippen LogP contribution is -2.05. The molecule has 19 heavy (non-hydrogen) atoms. The zero-order valence-electron chi connectivity index (χ0n) is 11.4. The molecule has 0 saturated carbocycles. The molecule has 1 aromatic heterocycles. The quantitative estimate of drug-likeness (QED) is 0.888. The summed E-state index contributed by atoms with van der Waals surface area (Å²) in [6, 6.07) is 5.57. The van der Waals surface area contributed by atoms with E-state index in [9.17, 15) is 4.39 Å². The summed E-state index contributed by atoms with van der Waals surface area (Å²) >= 11 is 0. The van der Waals surface area contributed by atoms with E-state index in [1.54, 1.807) is 20.0 Å². The highest BCUT2D eigenvalue weighted by molar-refractivity contribution is 5.51. The van der Waals surface area contributed by atoms with Gasteiger partial charge in [-0.05, 0) is 49.1 Å². The molecule has 1 aromatic carbocycles. The Bertz CT molecular complexity index is 585. The van der Waals surface area contributed by atoms with Crippen LogP contribution < -0.4 is 11.1 Å². The van der Waals surface area contributed by atoms with Gasteiger partial charge in [0.2, 0.25) is 0 Å². The normalized spacial score (nSPS) is 10.5. The van der Waals surface area contributed by atoms with Crippen molar-refractivity contribution in [2.45, 2.75) is 27.3 Å². The number of nitrogens with zero attached hydrogens (tertiary/aromatic N) is 1. The largest absolute Gasteiger partial charge is 0.397 e. The van der Waals surface area contributed by atoms with E-state index >= 15 is 0 Å². The SMILES string of the molecule is Cc1cc(N)cnc1NCc1cc(C)c(F)c(C)c1. The third-order valence-electron chi connectivity index (χ3n) is 3.06. The molecule has 0 fully saturated rings. The van der Waals surface area contributed by atoms with E-state index in [0.29, 0.717) is 23.4 Å². The van der Waals surface area contributed by atoms with Crippen molar-refractivity contribution in [1.29, 1.82) is 0 Å². The number of halogens is 1. The Hall–Kier alpha value is -2.10. The Morgan fingerprint density at radius 2 is 1.74 bits per heavy atom. The van der Waals surface area contributed by atoms with Crippen LogP contribution in [0.25, 0.3) is 0 Å². The van der Waals surface area contributed by atoms with Crippen molar-refractivity contribution in [2.24, 2.45) is 0 Å². The van der Waals surface area contributed by atoms with Crippen LogP contribution >= 0.6 is 0 Å². The van der Waals surface area contributed by atoms with Crippen molar-refractivity contribution in [3.63, 3.8) is 0 Å². The lowest BCUT2D eigenvalue weighted by atomic mass is 10.1. The van der Waals surface area contributed by atoms with E-state index in [1.165, 1.54) is 0 Å². The second kappa shape index (κ2) is 5.26. The first-order valence-electron chi connectivity index (χ1n) is 6.19. The number of benzene rings is 1. The van der Waals surface area contributed by atoms with Gasteiger partial charge < -0.3 is 11.1 Å². The molecule has 2 aromatic rings. The molecule has 0 bridgehead atoms. The molecule has 3 N–H and O–H groups in total. The van der Waals surface area contributed by atoms with Gasteiger partial charge >= 0.3 is 0 Å². The van der Waals surface area contributed by atoms with Crippen LogP contribution in [0.5, 0.6) is 0 Å². The van der Waals surface area contributed by atoms with Crippen LogP contribution in [0, 0.1) is 26.6 Å². The molecular weight excluding hydrogens is 241 g/mol. The summed E-state index contributed by atoms with van der Waals surface area (Å²) in [5.74, 6) is 0.666. The van der Waals surface area contributed by atoms with E-state index in [4.69, 9.17) is 5.73 Å². The third kappa shape index (κ3) is 3.02. The molecule has 0 amide bonds. The van der Waals surface area contributed by atoms with Crippen LogP contribution in [0.15, 0.2) is 24.4 Å². The number of nitrogens with two attached hydrogens (primary N) is 1. The van der Waals surface area contributed by atoms with Gasteiger partial charge in [-0.2, -0.15) is 0 Å². The molecule has 0 aliphatic carbocycles. The molecular formula is C15H18FN3. The minimum atomic E-state index is -0.134. The Kier molecular flexibility index (Phi) is 3.69. The summed E-state index contributed by atoms with van der Waals surface area (Å²) in [5.41, 5.74) is 9.67. The summed E-state index contributed by atoms with van der Waals surface area (Å²) < 4.78 is 13.5. The van der Waals surface area contributed by atoms with Crippen molar-refractivity contribution < 1.29 is 4.39 Å². The molecule has 0 aliphatic heterocycles. The maximum absolute atomic E-state index is 13.5. The first-order chi connectivity index (χ1) is 8.97. The van der Waals surface area contributed by atoms with Gasteiger partial charge in [0.05, 0.1) is 11.9 Å². The average molecular weight is 259 g/mol. The molecule has 0 aliphatic rings. The van der Waals surface area contributed by atoms with E-state index in [2.05, 4.69) is 10.3 Å². The second-order valence-electron chi connectivity index (χ2n) is 4.83. The zero-order chi connectivity index (χ0) is 14.0. The predicted octanol–water partition coefficient (Wildman–Crippen LogP) is 3.34. The first-order valence-corrected chi connectivity index (χ1v) is 6.19. The standard InChI is InChI=1S/C15H18FN3/c1-9-4-12(5-10(2)14(9)16)7-18-15-11(3)6-13(17)8-19-15/h4-6,8H,7,17H2,1-3H3,(H,18,19). The molecule has 0 unspecified atom stereocenters. The molecule has 1 heterocycles. The van der Waals surface area contributed by atoms with Crippen molar-refractivity contribution in [3.05, 3.63) is 52.5 Å². The van der Waals surface area contributed by atoms with Gasteiger partial charge in [0.15, 0.2) is 0 Å². The van der Waals surface area contributed by atoms with Crippen LogP contribution in [-0.4, -0.2) is 4.98 Å². The van der Waals surface area contributed by atoms with Crippen molar-refractivity contribution >= 4 is 11.5 Å². The number of anilines is 2. The number of rotatable bonds is 3. The van der Waals surface area contributed by atoms with Gasteiger partial charge in [-0.15, -0.1) is 0 Å². The van der Waals surface area contributed by atoms with E-state index < -0.39 is 0 Å². The fourth-order valence-corrected chi connectivity index (χ4v) is 2.11. The highest BCUT2D eigenvalue weighted by Gasteiger charge is 2.05. The minimum Gasteiger partial charge on any atom is -0.397 e. The summed E-state index contributed by atoms with van der Waals surface area (Å²) in [6.45, 7) is 6.11. The van der Waals surface area contributed by atoms with Gasteiger partial charge in [0.1, 0.15) is 11.6 Å². The van der Waals surface area contributed by atoms with E-state index in [0.717, 1.165) is 16.9 Å². The first kappa shape index (κ1) is 13.3. The van der Waals surface area contributed by atoms with Crippen molar-refractivity contribution in [2.75, 3.05) is 11.1 Å². The van der Waals surface area contributed by atoms with Crippen molar-refractivity contribution in [1.82, 2.24) is 4.98 Å². The molecule has 3 nitrogen and oxygen atoms in total. The van der Waals surface area contributed by atoms with E-state index in [-0.39, 0.29) is 5.82 Å². The summed E-state index contributed by atoms with van der Waals surface area (Å²) in [4.78, 5) is 4.25. The highest BCUT2D eigenvalue weighted by atomic mass is 19.1. The second-order valence-corrected chi connectivity index (χ2v) is 4.83. The molecule has 2 rings (SSSR count). The number of aromatic nitrogens is 1. The number of hydrogen-bond donors (Lipinski definition) is 2. The van der Waals surface area contributed by atoms with Crippen LogP contribution in [0.3, 0.4) is 0 Å². The molecule has 4 heteroatoms. The zero-order valence-corrected chi connectivity index (χ0v) is 11.4. The third-order valence-corrected chi connectivity index (χ3v) is 3.06. The average Bonchev–Trinajstić information content (AvgIpc) is 2.34. The van der Waals surface area contributed by atoms with E-state index in [1.807, 2.05) is 25.1 Å². The highest BCUT2D eigenvalue weighted by Crippen LogP contribution is 2.18. The van der Waals surface area contributed by atoms with Gasteiger partial charge in [0.25, 0.3) is 0 Å². The number of hydrogen-bond acceptors (Lipinski definition) is 3. The Labute approximate surface area is 112 Å². The maximum Gasteiger partial charge on any atom is 0.129 e. The molecule has 0 radical (unpaired) electrons. The minimum absolute atomic E-state index is 0.134. The fraction of sp³-hybridized carbons (Fsp3) is 0.267. The lowest BCUT2D eigenvalue weighted by Gasteiger charge is -2.11. The topological polar surface area (TPSA) is 50.9 Å². The fourth-order valence-electron chi connectivity index (χ4n) is 2.11. The van der Waals surface area contributed by atoms with Crippen LogP contribution in [0.4, 0.5) is 15.9 Å². The van der Waals surface area contributed by atoms with Gasteiger partial charge in [-0.3, -0.25) is 0 Å². The summed E-state index contributed by atoms with van der Waals surface area (Å²) in [6.07, 6.45) is 1.62. The van der Waals surface area contributed by atoms with Gasteiger partial charge in [-0.1, -0.05) is 12.1 Å². The number of nitrogen functional groups attached to an aromatic ring is 1. The van der Waals surface area contributed by atoms with Crippen molar-refractivity contribution in [3.8, 4) is 0 Å². The Morgan fingerprint density at radius 3 is 2.32 bits per heavy atom. The van der Waals surface area contributed by atoms with Crippen LogP contribution in [0.2, 0.25) is 0 Å². The smallest absolute Gasteiger partial charge is 0.129 e. The summed E-state index contributed by atoms with van der Waals surface area (Å²) in [7, 11) is 0. The lowest BCUT2D eigenvalue weighted by molar-refractivity contribution is 0.608. The molecule has 100 valence electrons. The Morgan fingerprint density at radius 1 is 1.11 bits per heavy atom. The predicted molar refractivity (Wildman–Crippen MR) is 76.6 cm³/mol. The van der Waals surface area contributed by atoms with Gasteiger partial charge in [-0.25, -0.2) is 9.37 Å². The van der Waals surface area contributed by atoms with Crippen LogP contribution in [-0.2, 0) is 6.54 Å². The molecule has 0 spiro atoms. The maximum atomic E-state index is 13.5. The Balaban J connectivity index is 2.14. The van der Waals surface area contributed by atoms with Gasteiger partial charge in [0, 0.05) is 6.54 Å². The number of pyridine rings is 1. The van der Waals surface area contributed by atoms with Crippen LogP contribution in [0.1, 0.15) is 22.3 Å². The number of aryl methyl sites for hydroxylation is 3. The molecule has 0 saturated heterocycles. The number of nitrogens with one attached hydrogen (secondary N) is 1. The summed E-state index contributed by atoms with van der Waals surface area (Å²) in [5, 5.41) is 3.24.